The zero-order chi connectivity index (χ0) is 18.8. The van der Waals surface area contributed by atoms with Gasteiger partial charge in [0.2, 0.25) is 5.91 Å². The molecule has 0 bridgehead atoms. The number of nitrogens with zero attached hydrogens (tertiary/aromatic N) is 2. The molecule has 0 radical (unpaired) electrons. The monoisotopic (exact) mass is 368 g/mol. The molecule has 1 aromatic heterocycles. The van der Waals surface area contributed by atoms with Gasteiger partial charge in [0.1, 0.15) is 5.58 Å². The Morgan fingerprint density at radius 3 is 2.70 bits per heavy atom. The Kier molecular flexibility index (Phi) is 5.30. The van der Waals surface area contributed by atoms with Crippen molar-refractivity contribution in [2.75, 3.05) is 26.2 Å². The first-order valence-electron chi connectivity index (χ1n) is 10.2. The van der Waals surface area contributed by atoms with E-state index in [0.717, 1.165) is 69.4 Å². The number of rotatable bonds is 4. The number of carbonyl (C=O) groups excluding carboxylic acids is 1. The number of hydrogen-bond donors (Lipinski definition) is 0. The van der Waals surface area contributed by atoms with Crippen LogP contribution in [0.25, 0.3) is 11.0 Å². The summed E-state index contributed by atoms with van der Waals surface area (Å²) < 4.78 is 5.38. The first-order valence-corrected chi connectivity index (χ1v) is 10.2. The summed E-state index contributed by atoms with van der Waals surface area (Å²) in [6.45, 7) is 6.29. The molecule has 1 aliphatic carbocycles. The second kappa shape index (κ2) is 7.85. The van der Waals surface area contributed by atoms with E-state index in [1.54, 1.807) is 6.07 Å². The van der Waals surface area contributed by atoms with Crippen molar-refractivity contribution in [3.05, 3.63) is 45.8 Å². The van der Waals surface area contributed by atoms with Gasteiger partial charge in [0, 0.05) is 50.1 Å². The molecule has 2 fully saturated rings. The molecule has 2 heterocycles. The Labute approximate surface area is 159 Å². The molecule has 4 rings (SSSR count). The van der Waals surface area contributed by atoms with Gasteiger partial charge in [0.05, 0.1) is 0 Å². The Balaban J connectivity index is 1.50. The van der Waals surface area contributed by atoms with Crippen LogP contribution in [0.2, 0.25) is 0 Å². The maximum absolute atomic E-state index is 12.5. The summed E-state index contributed by atoms with van der Waals surface area (Å²) in [4.78, 5) is 28.9. The molecule has 1 saturated heterocycles. The summed E-state index contributed by atoms with van der Waals surface area (Å²) in [5.41, 5.74) is 2.63. The molecule has 0 spiro atoms. The number of benzene rings is 1. The van der Waals surface area contributed by atoms with Gasteiger partial charge in [0.25, 0.3) is 0 Å². The molecular formula is C22H28N2O3. The minimum Gasteiger partial charge on any atom is -0.423 e. The number of amides is 1. The van der Waals surface area contributed by atoms with E-state index in [9.17, 15) is 9.59 Å². The van der Waals surface area contributed by atoms with Crippen LogP contribution in [0.1, 0.15) is 43.7 Å². The molecule has 0 N–H and O–H groups in total. The van der Waals surface area contributed by atoms with Crippen LogP contribution in [0, 0.1) is 5.92 Å². The molecular weight excluding hydrogens is 340 g/mol. The summed E-state index contributed by atoms with van der Waals surface area (Å²) in [6.07, 6.45) is 5.25. The molecule has 0 atom stereocenters. The molecule has 5 nitrogen and oxygen atoms in total. The third-order valence-electron chi connectivity index (χ3n) is 6.05. The molecule has 0 unspecified atom stereocenters. The second-order valence-electron chi connectivity index (χ2n) is 7.86. The van der Waals surface area contributed by atoms with Gasteiger partial charge in [-0.15, -0.1) is 0 Å². The number of fused-ring (bicyclic) bond motifs is 1. The summed E-state index contributed by atoms with van der Waals surface area (Å²) in [5, 5.41) is 1.03. The van der Waals surface area contributed by atoms with Crippen LogP contribution in [0.5, 0.6) is 0 Å². The minimum atomic E-state index is -0.293. The Bertz CT molecular complexity index is 885. The van der Waals surface area contributed by atoms with Gasteiger partial charge in [-0.05, 0) is 48.9 Å². The third-order valence-corrected chi connectivity index (χ3v) is 6.05. The molecule has 1 aliphatic heterocycles. The lowest BCUT2D eigenvalue weighted by Gasteiger charge is -2.31. The van der Waals surface area contributed by atoms with E-state index in [2.05, 4.69) is 22.8 Å². The van der Waals surface area contributed by atoms with Gasteiger partial charge in [-0.3, -0.25) is 9.69 Å². The smallest absolute Gasteiger partial charge is 0.336 e. The van der Waals surface area contributed by atoms with Crippen LogP contribution in [-0.2, 0) is 17.8 Å². The van der Waals surface area contributed by atoms with E-state index in [0.29, 0.717) is 11.5 Å². The zero-order valence-electron chi connectivity index (χ0n) is 16.1. The number of carbonyl (C=O) groups is 1. The van der Waals surface area contributed by atoms with Gasteiger partial charge in [-0.2, -0.15) is 0 Å². The molecule has 1 amide bonds. The number of hydrogen-bond acceptors (Lipinski definition) is 4. The maximum Gasteiger partial charge on any atom is 0.336 e. The van der Waals surface area contributed by atoms with Crippen LogP contribution in [0.3, 0.4) is 0 Å². The van der Waals surface area contributed by atoms with Crippen molar-refractivity contribution in [3.8, 4) is 0 Å². The molecule has 2 aliphatic rings. The van der Waals surface area contributed by atoms with Crippen molar-refractivity contribution < 1.29 is 9.21 Å². The third kappa shape index (κ3) is 3.93. The molecule has 2 aromatic rings. The normalized spacial score (nSPS) is 19.1. The van der Waals surface area contributed by atoms with E-state index in [-0.39, 0.29) is 11.5 Å². The highest BCUT2D eigenvalue weighted by atomic mass is 16.4. The molecule has 144 valence electrons. The van der Waals surface area contributed by atoms with Gasteiger partial charge < -0.3 is 9.32 Å². The Morgan fingerprint density at radius 1 is 1.11 bits per heavy atom. The van der Waals surface area contributed by atoms with E-state index in [4.69, 9.17) is 4.42 Å². The van der Waals surface area contributed by atoms with Gasteiger partial charge >= 0.3 is 5.63 Å². The van der Waals surface area contributed by atoms with Crippen molar-refractivity contribution in [1.82, 2.24) is 9.80 Å². The topological polar surface area (TPSA) is 53.8 Å². The molecule has 1 aromatic carbocycles. The molecule has 27 heavy (non-hydrogen) atoms. The van der Waals surface area contributed by atoms with Gasteiger partial charge in [0.15, 0.2) is 0 Å². The quantitative estimate of drug-likeness (QED) is 0.778. The fourth-order valence-electron chi connectivity index (χ4n) is 4.13. The Hall–Kier alpha value is -2.14. The largest absolute Gasteiger partial charge is 0.423 e. The van der Waals surface area contributed by atoms with Crippen molar-refractivity contribution >= 4 is 16.9 Å². The zero-order valence-corrected chi connectivity index (χ0v) is 16.1. The average molecular weight is 368 g/mol. The lowest BCUT2D eigenvalue weighted by molar-refractivity contribution is -0.138. The lowest BCUT2D eigenvalue weighted by atomic mass is 9.84. The van der Waals surface area contributed by atoms with E-state index >= 15 is 0 Å². The van der Waals surface area contributed by atoms with Crippen molar-refractivity contribution in [1.29, 1.82) is 0 Å². The first-order chi connectivity index (χ1) is 13.1. The van der Waals surface area contributed by atoms with Crippen molar-refractivity contribution in [2.45, 2.75) is 45.6 Å². The molecule has 5 heteroatoms. The highest BCUT2D eigenvalue weighted by Gasteiger charge is 2.30. The maximum atomic E-state index is 12.5. The lowest BCUT2D eigenvalue weighted by Crippen LogP contribution is -2.41. The average Bonchev–Trinajstić information content (AvgIpc) is 2.85. The predicted molar refractivity (Wildman–Crippen MR) is 106 cm³/mol. The van der Waals surface area contributed by atoms with Crippen molar-refractivity contribution in [3.63, 3.8) is 0 Å². The second-order valence-corrected chi connectivity index (χ2v) is 7.86. The van der Waals surface area contributed by atoms with Crippen LogP contribution in [0.15, 0.2) is 33.5 Å². The summed E-state index contributed by atoms with van der Waals surface area (Å²) in [7, 11) is 0. The fourth-order valence-corrected chi connectivity index (χ4v) is 4.13. The summed E-state index contributed by atoms with van der Waals surface area (Å²) >= 11 is 0. The van der Waals surface area contributed by atoms with E-state index in [1.807, 2.05) is 12.1 Å². The van der Waals surface area contributed by atoms with E-state index < -0.39 is 0 Å². The standard InChI is InChI=1S/C22H28N2O3/c1-2-16-7-8-20-19(13-16)18(14-21(25)27-20)15-23-9-4-10-24(12-11-23)22(26)17-5-3-6-17/h7-8,13-14,17H,2-6,9-12,15H2,1H3. The van der Waals surface area contributed by atoms with Gasteiger partial charge in [-0.1, -0.05) is 19.4 Å². The predicted octanol–water partition coefficient (Wildman–Crippen LogP) is 3.19. The van der Waals surface area contributed by atoms with Crippen LogP contribution >= 0.6 is 0 Å². The number of aryl methyl sites for hydroxylation is 1. The fraction of sp³-hybridized carbons (Fsp3) is 0.545. The summed E-state index contributed by atoms with van der Waals surface area (Å²) in [6, 6.07) is 7.69. The van der Waals surface area contributed by atoms with Crippen LogP contribution in [0.4, 0.5) is 0 Å². The van der Waals surface area contributed by atoms with Crippen LogP contribution in [-0.4, -0.2) is 41.9 Å². The first kappa shape index (κ1) is 18.2. The SMILES string of the molecule is CCc1ccc2oc(=O)cc(CN3CCCN(C(=O)C4CCC4)CC3)c2c1. The highest BCUT2D eigenvalue weighted by Crippen LogP contribution is 2.28. The van der Waals surface area contributed by atoms with Crippen molar-refractivity contribution in [2.24, 2.45) is 5.92 Å². The van der Waals surface area contributed by atoms with E-state index in [1.165, 1.54) is 12.0 Å². The Morgan fingerprint density at radius 2 is 1.96 bits per heavy atom. The highest BCUT2D eigenvalue weighted by molar-refractivity contribution is 5.81. The minimum absolute atomic E-state index is 0.270. The summed E-state index contributed by atoms with van der Waals surface area (Å²) in [5.74, 6) is 0.619. The molecule has 1 saturated carbocycles. The van der Waals surface area contributed by atoms with Gasteiger partial charge in [-0.25, -0.2) is 4.79 Å². The van der Waals surface area contributed by atoms with Crippen LogP contribution < -0.4 is 5.63 Å².